The number of ether oxygens (including phenoxy) is 1. The van der Waals surface area contributed by atoms with Gasteiger partial charge in [0.1, 0.15) is 5.75 Å². The zero-order chi connectivity index (χ0) is 15.9. The van der Waals surface area contributed by atoms with E-state index in [1.54, 1.807) is 0 Å². The summed E-state index contributed by atoms with van der Waals surface area (Å²) in [7, 11) is 0. The summed E-state index contributed by atoms with van der Waals surface area (Å²) in [6.07, 6.45) is 0.930. The number of aryl methyl sites for hydroxylation is 1. The topological polar surface area (TPSA) is 33.3 Å². The lowest BCUT2D eigenvalue weighted by Crippen LogP contribution is -2.20. The molecule has 2 N–H and O–H groups in total. The normalized spacial score (nSPS) is 10.1. The van der Waals surface area contributed by atoms with E-state index in [1.165, 1.54) is 5.56 Å². The Hall–Kier alpha value is -1.59. The monoisotopic (exact) mass is 378 g/mol. The number of hydrogen-bond donors (Lipinski definition) is 2. The van der Waals surface area contributed by atoms with Gasteiger partial charge in [-0.25, -0.2) is 0 Å². The Labute approximate surface area is 145 Å². The van der Waals surface area contributed by atoms with Crippen molar-refractivity contribution in [1.29, 1.82) is 0 Å². The molecule has 3 nitrogen and oxygen atoms in total. The fourth-order valence-corrected chi connectivity index (χ4v) is 2.73. The molecule has 0 unspecified atom stereocenters. The Morgan fingerprint density at radius 3 is 2.55 bits per heavy atom. The molecule has 0 atom stereocenters. The van der Waals surface area contributed by atoms with Crippen LogP contribution < -0.4 is 15.4 Å². The van der Waals surface area contributed by atoms with Crippen LogP contribution in [0.25, 0.3) is 0 Å². The number of rotatable bonds is 5. The molecule has 0 saturated heterocycles. The minimum absolute atomic E-state index is 0.546. The minimum Gasteiger partial charge on any atom is -0.492 e. The average Bonchev–Trinajstić information content (AvgIpc) is 2.51. The summed E-state index contributed by atoms with van der Waals surface area (Å²) in [5.74, 6) is 0.792. The van der Waals surface area contributed by atoms with Crippen LogP contribution in [0, 0.1) is 0 Å². The van der Waals surface area contributed by atoms with Crippen molar-refractivity contribution in [3.63, 3.8) is 0 Å². The summed E-state index contributed by atoms with van der Waals surface area (Å²) in [5, 5.41) is 6.99. The third-order valence-electron chi connectivity index (χ3n) is 3.13. The van der Waals surface area contributed by atoms with Crippen LogP contribution in [0.2, 0.25) is 0 Å². The van der Waals surface area contributed by atoms with E-state index in [0.717, 1.165) is 28.0 Å². The van der Waals surface area contributed by atoms with Crippen molar-refractivity contribution in [1.82, 2.24) is 0 Å². The number of benzene rings is 2. The van der Waals surface area contributed by atoms with Crippen molar-refractivity contribution >= 4 is 44.6 Å². The Balaban J connectivity index is 2.11. The largest absolute Gasteiger partial charge is 0.492 e. The van der Waals surface area contributed by atoms with E-state index in [-0.39, 0.29) is 0 Å². The third kappa shape index (κ3) is 4.45. The average molecular weight is 379 g/mol. The molecule has 0 aliphatic heterocycles. The van der Waals surface area contributed by atoms with Crippen molar-refractivity contribution in [3.05, 3.63) is 52.5 Å². The summed E-state index contributed by atoms with van der Waals surface area (Å²) in [6.45, 7) is 4.70. The van der Waals surface area contributed by atoms with Gasteiger partial charge in [-0.15, -0.1) is 0 Å². The fraction of sp³-hybridized carbons (Fsp3) is 0.235. The minimum atomic E-state index is 0.546. The van der Waals surface area contributed by atoms with Gasteiger partial charge in [0.25, 0.3) is 0 Å². The molecule has 116 valence electrons. The van der Waals surface area contributed by atoms with Gasteiger partial charge >= 0.3 is 0 Å². The molecule has 0 aromatic heterocycles. The molecule has 2 rings (SSSR count). The first-order valence-electron chi connectivity index (χ1n) is 7.22. The van der Waals surface area contributed by atoms with Crippen LogP contribution in [0.5, 0.6) is 5.75 Å². The SMILES string of the molecule is CCOc1ccccc1NC(=S)Nc1ccc(Br)cc1CC. The number of nitrogens with one attached hydrogen (secondary N) is 2. The van der Waals surface area contributed by atoms with Crippen LogP contribution in [0.1, 0.15) is 19.4 Å². The lowest BCUT2D eigenvalue weighted by atomic mass is 10.1. The van der Waals surface area contributed by atoms with E-state index < -0.39 is 0 Å². The number of thiocarbonyl (C=S) groups is 1. The Morgan fingerprint density at radius 2 is 1.82 bits per heavy atom. The molecule has 2 aromatic carbocycles. The molecule has 0 fully saturated rings. The summed E-state index contributed by atoms with van der Waals surface area (Å²) in [4.78, 5) is 0. The maximum absolute atomic E-state index is 5.59. The number of hydrogen-bond acceptors (Lipinski definition) is 2. The van der Waals surface area contributed by atoms with E-state index in [9.17, 15) is 0 Å². The number of para-hydroxylation sites is 2. The Morgan fingerprint density at radius 1 is 1.09 bits per heavy atom. The second kappa shape index (κ2) is 8.15. The maximum atomic E-state index is 5.59. The van der Waals surface area contributed by atoms with Crippen molar-refractivity contribution < 1.29 is 4.74 Å². The maximum Gasteiger partial charge on any atom is 0.175 e. The van der Waals surface area contributed by atoms with Gasteiger partial charge in [-0.05, 0) is 61.5 Å². The van der Waals surface area contributed by atoms with Gasteiger partial charge in [0.15, 0.2) is 5.11 Å². The highest BCUT2D eigenvalue weighted by Crippen LogP contribution is 2.25. The molecule has 0 heterocycles. The highest BCUT2D eigenvalue weighted by atomic mass is 79.9. The van der Waals surface area contributed by atoms with Crippen LogP contribution in [-0.2, 0) is 6.42 Å². The molecule has 2 aromatic rings. The fourth-order valence-electron chi connectivity index (χ4n) is 2.10. The third-order valence-corrected chi connectivity index (χ3v) is 3.83. The predicted molar refractivity (Wildman–Crippen MR) is 101 cm³/mol. The quantitative estimate of drug-likeness (QED) is 0.698. The molecule has 22 heavy (non-hydrogen) atoms. The highest BCUT2D eigenvalue weighted by molar-refractivity contribution is 9.10. The van der Waals surface area contributed by atoms with Gasteiger partial charge in [-0.2, -0.15) is 0 Å². The standard InChI is InChI=1S/C17H19BrN2OS/c1-3-12-11-13(18)9-10-14(12)19-17(22)20-15-7-5-6-8-16(15)21-4-2/h5-11H,3-4H2,1-2H3,(H2,19,20,22). The predicted octanol–water partition coefficient (Wildman–Crippen LogP) is 5.22. The molecule has 0 aliphatic carbocycles. The number of halogens is 1. The zero-order valence-electron chi connectivity index (χ0n) is 12.7. The summed E-state index contributed by atoms with van der Waals surface area (Å²) in [6, 6.07) is 13.9. The molecular formula is C17H19BrN2OS. The molecule has 0 amide bonds. The molecule has 0 radical (unpaired) electrons. The lowest BCUT2D eigenvalue weighted by Gasteiger charge is -2.16. The second-order valence-corrected chi connectivity index (χ2v) is 5.99. The van der Waals surface area contributed by atoms with Gasteiger partial charge in [0, 0.05) is 10.2 Å². The van der Waals surface area contributed by atoms with Crippen LogP contribution in [0.4, 0.5) is 11.4 Å². The molecule has 5 heteroatoms. The molecular weight excluding hydrogens is 360 g/mol. The van der Waals surface area contributed by atoms with E-state index in [2.05, 4.69) is 39.6 Å². The van der Waals surface area contributed by atoms with Crippen molar-refractivity contribution in [2.45, 2.75) is 20.3 Å². The molecule has 0 saturated carbocycles. The van der Waals surface area contributed by atoms with Crippen molar-refractivity contribution in [3.8, 4) is 5.75 Å². The smallest absolute Gasteiger partial charge is 0.175 e. The van der Waals surface area contributed by atoms with Crippen LogP contribution in [0.3, 0.4) is 0 Å². The first-order chi connectivity index (χ1) is 10.6. The van der Waals surface area contributed by atoms with E-state index >= 15 is 0 Å². The summed E-state index contributed by atoms with van der Waals surface area (Å²) in [5.41, 5.74) is 3.07. The van der Waals surface area contributed by atoms with Crippen LogP contribution in [-0.4, -0.2) is 11.7 Å². The second-order valence-electron chi connectivity index (χ2n) is 4.66. The first-order valence-corrected chi connectivity index (χ1v) is 8.42. The number of anilines is 2. The molecule has 0 spiro atoms. The van der Waals surface area contributed by atoms with Gasteiger partial charge < -0.3 is 15.4 Å². The van der Waals surface area contributed by atoms with Crippen LogP contribution >= 0.6 is 28.1 Å². The van der Waals surface area contributed by atoms with Gasteiger partial charge in [0.05, 0.1) is 12.3 Å². The zero-order valence-corrected chi connectivity index (χ0v) is 15.1. The van der Waals surface area contributed by atoms with Gasteiger partial charge in [-0.1, -0.05) is 35.0 Å². The Bertz CT molecular complexity index is 661. The summed E-state index contributed by atoms with van der Waals surface area (Å²) < 4.78 is 6.66. The molecule has 0 aliphatic rings. The highest BCUT2D eigenvalue weighted by Gasteiger charge is 2.07. The summed E-state index contributed by atoms with van der Waals surface area (Å²) >= 11 is 8.90. The first kappa shape index (κ1) is 16.8. The molecule has 0 bridgehead atoms. The van der Waals surface area contributed by atoms with Crippen molar-refractivity contribution in [2.75, 3.05) is 17.2 Å². The Kier molecular flexibility index (Phi) is 6.21. The van der Waals surface area contributed by atoms with E-state index in [0.29, 0.717) is 11.7 Å². The van der Waals surface area contributed by atoms with E-state index in [4.69, 9.17) is 17.0 Å². The van der Waals surface area contributed by atoms with Gasteiger partial charge in [0.2, 0.25) is 0 Å². The van der Waals surface area contributed by atoms with Crippen molar-refractivity contribution in [2.24, 2.45) is 0 Å². The van der Waals surface area contributed by atoms with Gasteiger partial charge in [-0.3, -0.25) is 0 Å². The van der Waals surface area contributed by atoms with Crippen LogP contribution in [0.15, 0.2) is 46.9 Å². The van der Waals surface area contributed by atoms with E-state index in [1.807, 2.05) is 43.3 Å². The lowest BCUT2D eigenvalue weighted by molar-refractivity contribution is 0.342.